The van der Waals surface area contributed by atoms with Gasteiger partial charge < -0.3 is 15.7 Å². The monoisotopic (exact) mass is 228 g/mol. The van der Waals surface area contributed by atoms with Gasteiger partial charge in [0.1, 0.15) is 6.04 Å². The van der Waals surface area contributed by atoms with E-state index in [-0.39, 0.29) is 11.8 Å². The minimum atomic E-state index is -0.950. The molecule has 1 aliphatic heterocycles. The van der Waals surface area contributed by atoms with Gasteiger partial charge >= 0.3 is 5.97 Å². The Labute approximate surface area is 95.6 Å². The smallest absolute Gasteiger partial charge is 0.326 e. The number of carbonyl (C=O) groups is 2. The summed E-state index contributed by atoms with van der Waals surface area (Å²) in [5.41, 5.74) is 0. The van der Waals surface area contributed by atoms with Crippen LogP contribution in [0, 0.1) is 11.8 Å². The van der Waals surface area contributed by atoms with Crippen molar-refractivity contribution in [1.82, 2.24) is 10.6 Å². The second-order valence-electron chi connectivity index (χ2n) is 4.82. The lowest BCUT2D eigenvalue weighted by Gasteiger charge is -2.27. The highest BCUT2D eigenvalue weighted by Gasteiger charge is 2.24. The number of hydrogen-bond acceptors (Lipinski definition) is 3. The third kappa shape index (κ3) is 4.18. The zero-order valence-corrected chi connectivity index (χ0v) is 9.82. The summed E-state index contributed by atoms with van der Waals surface area (Å²) in [5, 5.41) is 14.6. The first-order valence-corrected chi connectivity index (χ1v) is 5.72. The van der Waals surface area contributed by atoms with Crippen LogP contribution in [-0.2, 0) is 9.59 Å². The zero-order chi connectivity index (χ0) is 12.1. The maximum atomic E-state index is 11.5. The molecule has 0 aromatic rings. The number of carboxylic acid groups (broad SMARTS) is 1. The first-order valence-electron chi connectivity index (χ1n) is 5.72. The molecule has 3 N–H and O–H groups in total. The van der Waals surface area contributed by atoms with E-state index in [4.69, 9.17) is 5.11 Å². The highest BCUT2D eigenvalue weighted by Crippen LogP contribution is 2.09. The van der Waals surface area contributed by atoms with Gasteiger partial charge in [0.15, 0.2) is 0 Å². The Hall–Kier alpha value is -1.10. The van der Waals surface area contributed by atoms with Crippen LogP contribution < -0.4 is 10.6 Å². The summed E-state index contributed by atoms with van der Waals surface area (Å²) in [5.74, 6) is -0.478. The van der Waals surface area contributed by atoms with Crippen LogP contribution in [0.15, 0.2) is 0 Å². The average Bonchev–Trinajstić information content (AvgIpc) is 2.09. The van der Waals surface area contributed by atoms with Gasteiger partial charge in [-0.2, -0.15) is 0 Å². The van der Waals surface area contributed by atoms with E-state index >= 15 is 0 Å². The molecule has 0 aromatic carbocycles. The van der Waals surface area contributed by atoms with Gasteiger partial charge in [0.2, 0.25) is 5.91 Å². The van der Waals surface area contributed by atoms with E-state index in [1.165, 1.54) is 0 Å². The molecule has 1 amide bonds. The van der Waals surface area contributed by atoms with Crippen LogP contribution >= 0.6 is 0 Å². The normalized spacial score (nSPS) is 17.9. The summed E-state index contributed by atoms with van der Waals surface area (Å²) in [6, 6.07) is -0.750. The standard InChI is InChI=1S/C11H20N2O3/c1-7(2)3-9(11(15)16)13-10(14)4-8-5-12-6-8/h7-9,12H,3-6H2,1-2H3,(H,13,14)(H,15,16). The molecule has 16 heavy (non-hydrogen) atoms. The first-order chi connectivity index (χ1) is 7.49. The molecule has 0 aliphatic carbocycles. The summed E-state index contributed by atoms with van der Waals surface area (Å²) in [4.78, 5) is 22.5. The van der Waals surface area contributed by atoms with Crippen molar-refractivity contribution in [3.63, 3.8) is 0 Å². The Morgan fingerprint density at radius 3 is 2.44 bits per heavy atom. The predicted molar refractivity (Wildman–Crippen MR) is 60.0 cm³/mol. The molecular weight excluding hydrogens is 208 g/mol. The Kier molecular flexibility index (Phi) is 4.73. The minimum absolute atomic E-state index is 0.153. The highest BCUT2D eigenvalue weighted by molar-refractivity contribution is 5.83. The van der Waals surface area contributed by atoms with Gasteiger partial charge in [0.05, 0.1) is 0 Å². The van der Waals surface area contributed by atoms with E-state index < -0.39 is 12.0 Å². The summed E-state index contributed by atoms with van der Waals surface area (Å²) < 4.78 is 0. The molecule has 0 spiro atoms. The summed E-state index contributed by atoms with van der Waals surface area (Å²) >= 11 is 0. The van der Waals surface area contributed by atoms with Crippen molar-refractivity contribution < 1.29 is 14.7 Å². The van der Waals surface area contributed by atoms with E-state index in [0.717, 1.165) is 13.1 Å². The Bertz CT molecular complexity index is 262. The number of rotatable bonds is 6. The molecule has 1 heterocycles. The van der Waals surface area contributed by atoms with Crippen LogP contribution in [0.3, 0.4) is 0 Å². The molecule has 0 radical (unpaired) electrons. The van der Waals surface area contributed by atoms with Crippen molar-refractivity contribution in [3.05, 3.63) is 0 Å². The number of hydrogen-bond donors (Lipinski definition) is 3. The lowest BCUT2D eigenvalue weighted by Crippen LogP contribution is -2.47. The fourth-order valence-electron chi connectivity index (χ4n) is 1.70. The van der Waals surface area contributed by atoms with Gasteiger partial charge in [0.25, 0.3) is 0 Å². The van der Waals surface area contributed by atoms with Crippen LogP contribution in [0.1, 0.15) is 26.7 Å². The molecule has 1 unspecified atom stereocenters. The molecule has 5 heteroatoms. The molecule has 1 fully saturated rings. The lowest BCUT2D eigenvalue weighted by molar-refractivity contribution is -0.142. The van der Waals surface area contributed by atoms with Crippen molar-refractivity contribution >= 4 is 11.9 Å². The molecule has 0 bridgehead atoms. The molecule has 1 rings (SSSR count). The molecular formula is C11H20N2O3. The van der Waals surface area contributed by atoms with Gasteiger partial charge in [-0.3, -0.25) is 4.79 Å². The highest BCUT2D eigenvalue weighted by atomic mass is 16.4. The van der Waals surface area contributed by atoms with Crippen molar-refractivity contribution in [3.8, 4) is 0 Å². The van der Waals surface area contributed by atoms with Gasteiger partial charge in [0, 0.05) is 6.42 Å². The molecule has 0 aromatic heterocycles. The third-order valence-corrected chi connectivity index (χ3v) is 2.68. The van der Waals surface area contributed by atoms with Gasteiger partial charge in [-0.05, 0) is 31.3 Å². The van der Waals surface area contributed by atoms with Crippen LogP contribution in [0.2, 0.25) is 0 Å². The first kappa shape index (κ1) is 13.0. The average molecular weight is 228 g/mol. The van der Waals surface area contributed by atoms with Gasteiger partial charge in [-0.1, -0.05) is 13.8 Å². The zero-order valence-electron chi connectivity index (χ0n) is 9.82. The number of amides is 1. The number of nitrogens with one attached hydrogen (secondary N) is 2. The van der Waals surface area contributed by atoms with Crippen LogP contribution in [0.25, 0.3) is 0 Å². The quantitative estimate of drug-likeness (QED) is 0.607. The number of carboxylic acids is 1. The summed E-state index contributed by atoms with van der Waals surface area (Å²) in [6.45, 7) is 5.60. The van der Waals surface area contributed by atoms with E-state index in [9.17, 15) is 9.59 Å². The largest absolute Gasteiger partial charge is 0.480 e. The Morgan fingerprint density at radius 1 is 1.44 bits per heavy atom. The van der Waals surface area contributed by atoms with E-state index in [2.05, 4.69) is 10.6 Å². The summed E-state index contributed by atoms with van der Waals surface area (Å²) in [6.07, 6.45) is 0.902. The molecule has 1 atom stereocenters. The van der Waals surface area contributed by atoms with E-state index in [1.807, 2.05) is 13.8 Å². The van der Waals surface area contributed by atoms with Gasteiger partial charge in [-0.25, -0.2) is 4.79 Å². The second kappa shape index (κ2) is 5.84. The molecule has 1 saturated heterocycles. The Balaban J connectivity index is 2.34. The lowest BCUT2D eigenvalue weighted by atomic mass is 9.98. The minimum Gasteiger partial charge on any atom is -0.480 e. The summed E-state index contributed by atoms with van der Waals surface area (Å²) in [7, 11) is 0. The van der Waals surface area contributed by atoms with Crippen molar-refractivity contribution in [2.24, 2.45) is 11.8 Å². The van der Waals surface area contributed by atoms with E-state index in [1.54, 1.807) is 0 Å². The van der Waals surface area contributed by atoms with Crippen LogP contribution in [-0.4, -0.2) is 36.1 Å². The molecule has 0 saturated carbocycles. The fraction of sp³-hybridized carbons (Fsp3) is 0.818. The van der Waals surface area contributed by atoms with Gasteiger partial charge in [-0.15, -0.1) is 0 Å². The second-order valence-corrected chi connectivity index (χ2v) is 4.82. The fourth-order valence-corrected chi connectivity index (χ4v) is 1.70. The topological polar surface area (TPSA) is 78.4 Å². The van der Waals surface area contributed by atoms with Crippen molar-refractivity contribution in [2.45, 2.75) is 32.7 Å². The molecule has 1 aliphatic rings. The molecule has 92 valence electrons. The predicted octanol–water partition coefficient (Wildman–Crippen LogP) is 0.211. The maximum Gasteiger partial charge on any atom is 0.326 e. The van der Waals surface area contributed by atoms with Crippen LogP contribution in [0.4, 0.5) is 0 Å². The maximum absolute atomic E-state index is 11.5. The third-order valence-electron chi connectivity index (χ3n) is 2.68. The number of aliphatic carboxylic acids is 1. The SMILES string of the molecule is CC(C)CC(NC(=O)CC1CNC1)C(=O)O. The van der Waals surface area contributed by atoms with E-state index in [0.29, 0.717) is 18.8 Å². The van der Waals surface area contributed by atoms with Crippen molar-refractivity contribution in [2.75, 3.05) is 13.1 Å². The molecule has 5 nitrogen and oxygen atoms in total. The van der Waals surface area contributed by atoms with Crippen molar-refractivity contribution in [1.29, 1.82) is 0 Å². The number of carbonyl (C=O) groups excluding carboxylic acids is 1. The Morgan fingerprint density at radius 2 is 2.06 bits per heavy atom. The van der Waals surface area contributed by atoms with Crippen LogP contribution in [0.5, 0.6) is 0 Å².